The number of aliphatic hydroxyl groups is 4. The second kappa shape index (κ2) is 11.4. The first-order valence-corrected chi connectivity index (χ1v) is 9.80. The third-order valence-electron chi connectivity index (χ3n) is 4.40. The number of carboxylic acids is 1. The summed E-state index contributed by atoms with van der Waals surface area (Å²) in [7, 11) is 0. The van der Waals surface area contributed by atoms with E-state index in [0.29, 0.717) is 5.25 Å². The van der Waals surface area contributed by atoms with Crippen molar-refractivity contribution in [2.24, 2.45) is 0 Å². The molecule has 0 aromatic rings. The molecule has 2 fully saturated rings. The number of carbonyl (C=O) groups is 3. The maximum absolute atomic E-state index is 11.1. The molecule has 0 aromatic carbocycles. The highest BCUT2D eigenvalue weighted by molar-refractivity contribution is 8.00. The number of hydrogen-bond acceptors (Lipinski definition) is 8. The van der Waals surface area contributed by atoms with Gasteiger partial charge in [0.05, 0.1) is 18.2 Å². The zero-order valence-electron chi connectivity index (χ0n) is 15.0. The van der Waals surface area contributed by atoms with E-state index in [4.69, 9.17) is 25.5 Å². The van der Waals surface area contributed by atoms with Crippen LogP contribution in [0.15, 0.2) is 0 Å². The Morgan fingerprint density at radius 3 is 2.44 bits per heavy atom. The smallest absolute Gasteiger partial charge is 0.315 e. The number of amides is 2. The lowest BCUT2D eigenvalue weighted by molar-refractivity contribution is -0.137. The molecule has 2 amide bonds. The first-order chi connectivity index (χ1) is 12.7. The van der Waals surface area contributed by atoms with Crippen molar-refractivity contribution in [3.63, 3.8) is 0 Å². The molecule has 0 bridgehead atoms. The van der Waals surface area contributed by atoms with E-state index in [1.807, 2.05) is 11.8 Å². The van der Waals surface area contributed by atoms with Crippen molar-refractivity contribution in [2.75, 3.05) is 5.75 Å². The molecule has 156 valence electrons. The van der Waals surface area contributed by atoms with Crippen LogP contribution in [0.3, 0.4) is 0 Å². The van der Waals surface area contributed by atoms with E-state index >= 15 is 0 Å². The molecule has 0 unspecified atom stereocenters. The van der Waals surface area contributed by atoms with Crippen LogP contribution in [0.1, 0.15) is 32.6 Å². The molecule has 11 heteroatoms. The van der Waals surface area contributed by atoms with Gasteiger partial charge in [-0.1, -0.05) is 6.42 Å². The first kappa shape index (κ1) is 23.6. The highest BCUT2D eigenvalue weighted by atomic mass is 32.2. The Balaban J connectivity index is 0.000000293. The Morgan fingerprint density at radius 1 is 1.22 bits per heavy atom. The second-order valence-corrected chi connectivity index (χ2v) is 7.88. The zero-order valence-corrected chi connectivity index (χ0v) is 15.8. The Bertz CT molecular complexity index is 507. The maximum atomic E-state index is 11.1. The topological polar surface area (TPSA) is 176 Å². The van der Waals surface area contributed by atoms with Crippen LogP contribution in [-0.4, -0.2) is 91.3 Å². The van der Waals surface area contributed by atoms with E-state index in [9.17, 15) is 14.4 Å². The zero-order chi connectivity index (χ0) is 20.6. The number of aliphatic carboxylic acids is 1. The van der Waals surface area contributed by atoms with Gasteiger partial charge in [-0.2, -0.15) is 11.8 Å². The standard InChI is InChI=1S/C10H16N2O3S.C6H12O5/c13-8(14)4-2-1-3-7-9-6(5-16-7)11-10(15)12-9;1-3(8)5(10)6(11)4(9)2-7/h6-7,9H,1-5H2,(H,13,14)(H2,11,12,15);2-6,8-11H,1H3/t6-,7-,9-;3-,4+,5+,6-/m00/s1. The predicted octanol–water partition coefficient (Wildman–Crippen LogP) is -1.55. The van der Waals surface area contributed by atoms with Crippen molar-refractivity contribution < 1.29 is 39.9 Å². The molecule has 2 rings (SSSR count). The van der Waals surface area contributed by atoms with E-state index in [-0.39, 0.29) is 30.8 Å². The summed E-state index contributed by atoms with van der Waals surface area (Å²) in [6, 6.07) is 0.440. The van der Waals surface area contributed by atoms with E-state index in [0.717, 1.165) is 25.0 Å². The van der Waals surface area contributed by atoms with Gasteiger partial charge in [-0.3, -0.25) is 4.79 Å². The van der Waals surface area contributed by atoms with E-state index in [2.05, 4.69) is 10.6 Å². The van der Waals surface area contributed by atoms with Gasteiger partial charge in [0.15, 0.2) is 6.29 Å². The van der Waals surface area contributed by atoms with Gasteiger partial charge >= 0.3 is 12.0 Å². The Morgan fingerprint density at radius 2 is 1.89 bits per heavy atom. The quantitative estimate of drug-likeness (QED) is 0.135. The molecule has 0 aliphatic carbocycles. The summed E-state index contributed by atoms with van der Waals surface area (Å²) in [5.74, 6) is 0.236. The summed E-state index contributed by atoms with van der Waals surface area (Å²) in [4.78, 5) is 31.3. The van der Waals surface area contributed by atoms with Crippen LogP contribution in [0.25, 0.3) is 0 Å². The molecule has 0 saturated carbocycles. The summed E-state index contributed by atoms with van der Waals surface area (Å²) in [6.07, 6.45) is -3.00. The van der Waals surface area contributed by atoms with Gasteiger partial charge in [0.25, 0.3) is 0 Å². The number of aldehydes is 1. The molecule has 2 aliphatic rings. The van der Waals surface area contributed by atoms with Crippen LogP contribution in [0.5, 0.6) is 0 Å². The van der Waals surface area contributed by atoms with Crippen molar-refractivity contribution >= 4 is 30.0 Å². The van der Waals surface area contributed by atoms with Crippen LogP contribution < -0.4 is 10.6 Å². The number of aliphatic hydroxyl groups excluding tert-OH is 4. The molecule has 27 heavy (non-hydrogen) atoms. The lowest BCUT2D eigenvalue weighted by Crippen LogP contribution is -2.43. The summed E-state index contributed by atoms with van der Waals surface area (Å²) < 4.78 is 0. The molecule has 0 aromatic heterocycles. The van der Waals surface area contributed by atoms with Crippen LogP contribution >= 0.6 is 11.8 Å². The van der Waals surface area contributed by atoms with Crippen LogP contribution in [0.2, 0.25) is 0 Å². The minimum absolute atomic E-state index is 0.0640. The number of carbonyl (C=O) groups excluding carboxylic acids is 2. The largest absolute Gasteiger partial charge is 0.481 e. The molecule has 7 N–H and O–H groups in total. The van der Waals surface area contributed by atoms with Gasteiger partial charge in [0, 0.05) is 17.4 Å². The number of unbranched alkanes of at least 4 members (excludes halogenated alkanes) is 1. The van der Waals surface area contributed by atoms with Crippen molar-refractivity contribution in [3.8, 4) is 0 Å². The Hall–Kier alpha value is -1.40. The predicted molar refractivity (Wildman–Crippen MR) is 97.4 cm³/mol. The SMILES string of the molecule is C[C@H](O)[C@@H](O)[C@@H](O)[C@H](O)C=O.O=C(O)CCCC[C@@H]1SC[C@@H]2NC(=O)N[C@@H]21. The number of fused-ring (bicyclic) bond motifs is 1. The highest BCUT2D eigenvalue weighted by Crippen LogP contribution is 2.33. The fourth-order valence-electron chi connectivity index (χ4n) is 2.83. The number of rotatable bonds is 9. The summed E-state index contributed by atoms with van der Waals surface area (Å²) in [6.45, 7) is 1.24. The molecular formula is C16H28N2O8S. The van der Waals surface area contributed by atoms with Crippen LogP contribution in [0.4, 0.5) is 4.79 Å². The second-order valence-electron chi connectivity index (χ2n) is 6.61. The lowest BCUT2D eigenvalue weighted by atomic mass is 10.0. The molecule has 2 heterocycles. The highest BCUT2D eigenvalue weighted by Gasteiger charge is 2.42. The third-order valence-corrected chi connectivity index (χ3v) is 5.91. The normalized spacial score (nSPS) is 27.9. The molecular weight excluding hydrogens is 380 g/mol. The number of thioether (sulfide) groups is 1. The van der Waals surface area contributed by atoms with Crippen molar-refractivity contribution in [1.29, 1.82) is 0 Å². The summed E-state index contributed by atoms with van der Waals surface area (Å²) >= 11 is 1.87. The fraction of sp³-hybridized carbons (Fsp3) is 0.812. The monoisotopic (exact) mass is 408 g/mol. The van der Waals surface area contributed by atoms with Crippen molar-refractivity contribution in [2.45, 2.75) is 74.4 Å². The minimum atomic E-state index is -1.65. The molecule has 10 nitrogen and oxygen atoms in total. The average molecular weight is 408 g/mol. The molecule has 0 spiro atoms. The molecule has 0 radical (unpaired) electrons. The first-order valence-electron chi connectivity index (χ1n) is 8.75. The van der Waals surface area contributed by atoms with E-state index < -0.39 is 30.4 Å². The van der Waals surface area contributed by atoms with Gasteiger partial charge in [-0.25, -0.2) is 4.79 Å². The van der Waals surface area contributed by atoms with E-state index in [1.54, 1.807) is 0 Å². The minimum Gasteiger partial charge on any atom is -0.481 e. The number of urea groups is 1. The number of nitrogens with one attached hydrogen (secondary N) is 2. The average Bonchev–Trinajstić information content (AvgIpc) is 3.16. The van der Waals surface area contributed by atoms with Crippen LogP contribution in [-0.2, 0) is 9.59 Å². The van der Waals surface area contributed by atoms with Gasteiger partial charge < -0.3 is 41.0 Å². The molecule has 7 atom stereocenters. The van der Waals surface area contributed by atoms with Gasteiger partial charge in [-0.15, -0.1) is 0 Å². The third kappa shape index (κ3) is 7.62. The van der Waals surface area contributed by atoms with Gasteiger partial charge in [0.2, 0.25) is 0 Å². The van der Waals surface area contributed by atoms with Crippen LogP contribution in [0, 0.1) is 0 Å². The Labute approximate surface area is 161 Å². The Kier molecular flexibility index (Phi) is 10.0. The van der Waals surface area contributed by atoms with Crippen molar-refractivity contribution in [3.05, 3.63) is 0 Å². The van der Waals surface area contributed by atoms with Gasteiger partial charge in [0.1, 0.15) is 18.3 Å². The van der Waals surface area contributed by atoms with E-state index in [1.165, 1.54) is 6.92 Å². The van der Waals surface area contributed by atoms with Gasteiger partial charge in [-0.05, 0) is 19.8 Å². The fourth-order valence-corrected chi connectivity index (χ4v) is 4.38. The van der Waals surface area contributed by atoms with Crippen molar-refractivity contribution in [1.82, 2.24) is 10.6 Å². The maximum Gasteiger partial charge on any atom is 0.315 e. The lowest BCUT2D eigenvalue weighted by Gasteiger charge is -2.21. The molecule has 2 aliphatic heterocycles. The molecule has 2 saturated heterocycles. The number of carboxylic acid groups (broad SMARTS) is 1. The summed E-state index contributed by atoms with van der Waals surface area (Å²) in [5.41, 5.74) is 0. The number of hydrogen-bond donors (Lipinski definition) is 7. The summed E-state index contributed by atoms with van der Waals surface area (Å²) in [5, 5.41) is 49.9.